The summed E-state index contributed by atoms with van der Waals surface area (Å²) in [5, 5.41) is -0.467. The van der Waals surface area contributed by atoms with E-state index in [9.17, 15) is 14.1 Å². The van der Waals surface area contributed by atoms with E-state index in [2.05, 4.69) is 15.9 Å². The molecule has 2 fully saturated rings. The summed E-state index contributed by atoms with van der Waals surface area (Å²) >= 11 is 1.91. The van der Waals surface area contributed by atoms with Gasteiger partial charge in [0.2, 0.25) is 11.3 Å². The van der Waals surface area contributed by atoms with Crippen LogP contribution in [-0.2, 0) is 32.1 Å². The molecule has 2 heterocycles. The Morgan fingerprint density at radius 3 is 2.58 bits per heavy atom. The van der Waals surface area contributed by atoms with E-state index >= 15 is 0 Å². The fourth-order valence-electron chi connectivity index (χ4n) is 3.04. The minimum absolute atomic E-state index is 0.0898. The highest BCUT2D eigenvalue weighted by molar-refractivity contribution is 9.10. The van der Waals surface area contributed by atoms with Crippen molar-refractivity contribution in [1.29, 1.82) is 0 Å². The van der Waals surface area contributed by atoms with Crippen molar-refractivity contribution in [2.75, 3.05) is 7.11 Å². The van der Waals surface area contributed by atoms with Gasteiger partial charge in [-0.05, 0) is 42.7 Å². The number of ether oxygens (including phenoxy) is 2. The molecule has 1 amide bonds. The molecule has 0 saturated carbocycles. The van der Waals surface area contributed by atoms with Crippen molar-refractivity contribution < 1.29 is 23.6 Å². The lowest BCUT2D eigenvalue weighted by Crippen LogP contribution is -2.64. The quantitative estimate of drug-likeness (QED) is 0.322. The van der Waals surface area contributed by atoms with E-state index in [1.165, 1.54) is 4.90 Å². The second-order valence-electron chi connectivity index (χ2n) is 6.30. The van der Waals surface area contributed by atoms with Gasteiger partial charge in [-0.3, -0.25) is 9.69 Å². The molecule has 0 aromatic heterocycles. The molecule has 1 aromatic rings. The number of esters is 1. The fraction of sp³-hybridized carbons (Fsp3) is 0.500. The molecule has 130 valence electrons. The third-order valence-electron chi connectivity index (χ3n) is 4.45. The van der Waals surface area contributed by atoms with Gasteiger partial charge < -0.3 is 14.0 Å². The van der Waals surface area contributed by atoms with Crippen LogP contribution in [0.4, 0.5) is 0 Å². The van der Waals surface area contributed by atoms with Crippen LogP contribution in [0.3, 0.4) is 0 Å². The minimum atomic E-state index is -1.33. The number of halogens is 1. The maximum Gasteiger partial charge on any atom is 0.334 e. The average Bonchev–Trinajstić information content (AvgIpc) is 2.77. The summed E-state index contributed by atoms with van der Waals surface area (Å²) in [5.41, 5.74) is 0.811. The summed E-state index contributed by atoms with van der Waals surface area (Å²) in [4.78, 5) is 25.5. The van der Waals surface area contributed by atoms with Crippen LogP contribution in [0.15, 0.2) is 24.3 Å². The number of fused-ring (bicyclic) bond motifs is 1. The van der Waals surface area contributed by atoms with Crippen LogP contribution in [-0.4, -0.2) is 49.4 Å². The lowest BCUT2D eigenvalue weighted by atomic mass is 9.98. The molecule has 6 nitrogen and oxygen atoms in total. The SMILES string of the molecule is COc1ccc(COC(=O)[C@@H]2N3C(=O)C(Br)[C@H]3[S+]([O-])C2(C)C)cc1. The van der Waals surface area contributed by atoms with Crippen LogP contribution >= 0.6 is 15.9 Å². The van der Waals surface area contributed by atoms with Gasteiger partial charge in [0, 0.05) is 0 Å². The summed E-state index contributed by atoms with van der Waals surface area (Å²) in [6.45, 7) is 3.55. The van der Waals surface area contributed by atoms with Gasteiger partial charge in [0.05, 0.1) is 7.11 Å². The number of alkyl halides is 1. The highest BCUT2D eigenvalue weighted by atomic mass is 79.9. The molecule has 0 radical (unpaired) electrons. The average molecular weight is 416 g/mol. The standard InChI is InChI=1S/C16H18BrNO5S/c1-16(2)12(18-13(19)11(17)14(18)24(16)21)15(20)23-8-9-4-6-10(22-3)7-5-9/h4-7,11-12,14H,8H2,1-3H3/t11?,12-,14+,24?/m0/s1. The third kappa shape index (κ3) is 2.60. The molecule has 1 aromatic carbocycles. The van der Waals surface area contributed by atoms with Crippen molar-refractivity contribution in [1.82, 2.24) is 4.90 Å². The van der Waals surface area contributed by atoms with Crippen molar-refractivity contribution in [2.24, 2.45) is 0 Å². The van der Waals surface area contributed by atoms with E-state index < -0.39 is 38.1 Å². The Balaban J connectivity index is 1.70. The van der Waals surface area contributed by atoms with Gasteiger partial charge in [-0.15, -0.1) is 0 Å². The Labute approximate surface area is 151 Å². The van der Waals surface area contributed by atoms with Crippen molar-refractivity contribution >= 4 is 39.0 Å². The summed E-state index contributed by atoms with van der Waals surface area (Å²) < 4.78 is 22.2. The Morgan fingerprint density at radius 2 is 2.00 bits per heavy atom. The zero-order valence-corrected chi connectivity index (χ0v) is 15.9. The Morgan fingerprint density at radius 1 is 1.38 bits per heavy atom. The molecule has 8 heteroatoms. The lowest BCUT2D eigenvalue weighted by molar-refractivity contribution is -0.161. The molecule has 2 aliphatic rings. The molecule has 2 saturated heterocycles. The van der Waals surface area contributed by atoms with Crippen LogP contribution in [0.2, 0.25) is 0 Å². The number of amides is 1. The van der Waals surface area contributed by atoms with Gasteiger partial charge in [0.15, 0.2) is 15.6 Å². The number of hydrogen-bond acceptors (Lipinski definition) is 5. The summed E-state index contributed by atoms with van der Waals surface area (Å²) in [6.07, 6.45) is 0. The minimum Gasteiger partial charge on any atom is -0.614 e. The molecule has 3 rings (SSSR count). The van der Waals surface area contributed by atoms with E-state index in [1.807, 2.05) is 0 Å². The predicted octanol–water partition coefficient (Wildman–Crippen LogP) is 1.58. The normalized spacial score (nSPS) is 30.5. The van der Waals surface area contributed by atoms with Crippen molar-refractivity contribution in [2.45, 2.75) is 41.4 Å². The summed E-state index contributed by atoms with van der Waals surface area (Å²) in [5.74, 6) is -0.0282. The number of carbonyl (C=O) groups is 2. The molecule has 24 heavy (non-hydrogen) atoms. The molecule has 0 N–H and O–H groups in total. The maximum absolute atomic E-state index is 12.6. The molecule has 2 unspecified atom stereocenters. The lowest BCUT2D eigenvalue weighted by Gasteiger charge is -2.38. The first-order chi connectivity index (χ1) is 11.3. The number of hydrogen-bond donors (Lipinski definition) is 0. The molecular weight excluding hydrogens is 398 g/mol. The van der Waals surface area contributed by atoms with E-state index in [4.69, 9.17) is 9.47 Å². The van der Waals surface area contributed by atoms with Crippen molar-refractivity contribution in [3.05, 3.63) is 29.8 Å². The first kappa shape index (κ1) is 17.6. The van der Waals surface area contributed by atoms with Crippen LogP contribution in [0.5, 0.6) is 5.75 Å². The first-order valence-corrected chi connectivity index (χ1v) is 9.58. The van der Waals surface area contributed by atoms with Crippen LogP contribution in [0.25, 0.3) is 0 Å². The topological polar surface area (TPSA) is 78.9 Å². The highest BCUT2D eigenvalue weighted by Crippen LogP contribution is 2.48. The number of β-lactam (4-membered cyclic amide) rings is 1. The van der Waals surface area contributed by atoms with Gasteiger partial charge in [-0.2, -0.15) is 0 Å². The molecule has 2 aliphatic heterocycles. The number of benzene rings is 1. The summed E-state index contributed by atoms with van der Waals surface area (Å²) in [7, 11) is 1.58. The number of methoxy groups -OCH3 is 1. The van der Waals surface area contributed by atoms with Gasteiger partial charge in [0.25, 0.3) is 0 Å². The number of rotatable bonds is 4. The molecule has 0 bridgehead atoms. The predicted molar refractivity (Wildman–Crippen MR) is 92.1 cm³/mol. The van der Waals surface area contributed by atoms with Crippen LogP contribution in [0, 0.1) is 0 Å². The second kappa shape index (κ2) is 6.24. The molecule has 0 spiro atoms. The first-order valence-electron chi connectivity index (χ1n) is 7.45. The zero-order chi connectivity index (χ0) is 17.6. The van der Waals surface area contributed by atoms with Crippen LogP contribution < -0.4 is 4.74 Å². The Kier molecular flexibility index (Phi) is 4.57. The van der Waals surface area contributed by atoms with Gasteiger partial charge in [0.1, 0.15) is 12.4 Å². The van der Waals surface area contributed by atoms with E-state index in [1.54, 1.807) is 45.2 Å². The Bertz CT molecular complexity index is 665. The van der Waals surface area contributed by atoms with E-state index in [0.717, 1.165) is 11.3 Å². The van der Waals surface area contributed by atoms with E-state index in [0.29, 0.717) is 0 Å². The fourth-order valence-corrected chi connectivity index (χ4v) is 5.94. The molecule has 4 atom stereocenters. The maximum atomic E-state index is 12.6. The largest absolute Gasteiger partial charge is 0.614 e. The monoisotopic (exact) mass is 415 g/mol. The van der Waals surface area contributed by atoms with Crippen molar-refractivity contribution in [3.8, 4) is 5.75 Å². The summed E-state index contributed by atoms with van der Waals surface area (Å²) in [6, 6.07) is 6.33. The van der Waals surface area contributed by atoms with Gasteiger partial charge in [-0.1, -0.05) is 28.1 Å². The van der Waals surface area contributed by atoms with E-state index in [-0.39, 0.29) is 12.5 Å². The smallest absolute Gasteiger partial charge is 0.334 e. The number of carbonyl (C=O) groups excluding carboxylic acids is 2. The van der Waals surface area contributed by atoms with Gasteiger partial charge in [-0.25, -0.2) is 4.79 Å². The van der Waals surface area contributed by atoms with Gasteiger partial charge >= 0.3 is 5.97 Å². The zero-order valence-electron chi connectivity index (χ0n) is 13.5. The molecular formula is C16H18BrNO5S. The third-order valence-corrected chi connectivity index (χ3v) is 7.89. The number of nitrogens with zero attached hydrogens (tertiary/aromatic N) is 1. The highest BCUT2D eigenvalue weighted by Gasteiger charge is 2.72. The molecule has 0 aliphatic carbocycles. The van der Waals surface area contributed by atoms with Crippen LogP contribution in [0.1, 0.15) is 19.4 Å². The van der Waals surface area contributed by atoms with Crippen molar-refractivity contribution in [3.63, 3.8) is 0 Å². The Hall–Kier alpha value is -1.25. The second-order valence-corrected chi connectivity index (χ2v) is 9.41.